The van der Waals surface area contributed by atoms with Gasteiger partial charge < -0.3 is 10.3 Å². The van der Waals surface area contributed by atoms with Crippen LogP contribution in [-0.4, -0.2) is 18.0 Å². The summed E-state index contributed by atoms with van der Waals surface area (Å²) < 4.78 is 28.5. The molecule has 2 rings (SSSR count). The number of rotatable bonds is 4. The van der Waals surface area contributed by atoms with Gasteiger partial charge in [-0.2, -0.15) is 0 Å². The molecule has 0 aliphatic heterocycles. The molecule has 2 aromatic rings. The molecule has 0 saturated carbocycles. The normalized spacial score (nSPS) is 11.5. The van der Waals surface area contributed by atoms with E-state index in [9.17, 15) is 8.42 Å². The highest BCUT2D eigenvalue weighted by atomic mass is 32.2. The Bertz CT molecular complexity index is 692. The minimum Gasteiger partial charge on any atom is -0.352 e. The van der Waals surface area contributed by atoms with Gasteiger partial charge in [0.2, 0.25) is 0 Å². The topological polar surface area (TPSA) is 90.0 Å². The number of anilines is 1. The first-order valence-electron chi connectivity index (χ1n) is 5.74. The van der Waals surface area contributed by atoms with Crippen molar-refractivity contribution in [3.05, 3.63) is 41.9 Å². The van der Waals surface area contributed by atoms with Crippen LogP contribution in [0, 0.1) is 6.92 Å². The first kappa shape index (κ1) is 13.6. The van der Waals surface area contributed by atoms with Crippen molar-refractivity contribution in [3.8, 4) is 0 Å². The van der Waals surface area contributed by atoms with E-state index < -0.39 is 10.0 Å². The van der Waals surface area contributed by atoms with Gasteiger partial charge in [-0.25, -0.2) is 13.4 Å². The number of pyridine rings is 1. The molecule has 0 radical (unpaired) electrons. The lowest BCUT2D eigenvalue weighted by atomic mass is 10.4. The third-order valence-electron chi connectivity index (χ3n) is 2.73. The van der Waals surface area contributed by atoms with Crippen LogP contribution in [0.3, 0.4) is 0 Å². The highest BCUT2D eigenvalue weighted by Gasteiger charge is 2.17. The maximum absolute atomic E-state index is 12.2. The molecule has 3 N–H and O–H groups in total. The summed E-state index contributed by atoms with van der Waals surface area (Å²) in [6, 6.07) is 6.71. The van der Waals surface area contributed by atoms with Gasteiger partial charge in [0.1, 0.15) is 10.7 Å². The first-order valence-corrected chi connectivity index (χ1v) is 7.22. The van der Waals surface area contributed by atoms with Crippen molar-refractivity contribution in [1.29, 1.82) is 0 Å². The largest absolute Gasteiger partial charge is 0.352 e. The molecular weight excluding hydrogens is 264 g/mol. The van der Waals surface area contributed by atoms with Gasteiger partial charge in [0, 0.05) is 31.2 Å². The van der Waals surface area contributed by atoms with Crippen LogP contribution in [-0.2, 0) is 23.6 Å². The number of nitrogens with one attached hydrogen (secondary N) is 1. The molecule has 2 heterocycles. The quantitative estimate of drug-likeness (QED) is 0.873. The molecule has 0 amide bonds. The SMILES string of the molecule is Cc1cccc(NS(=O)(=O)c2cc(CN)n(C)c2)n1. The Balaban J connectivity index is 2.32. The lowest BCUT2D eigenvalue weighted by Crippen LogP contribution is -2.13. The third-order valence-corrected chi connectivity index (χ3v) is 4.05. The summed E-state index contributed by atoms with van der Waals surface area (Å²) in [4.78, 5) is 4.29. The Hall–Kier alpha value is -1.86. The zero-order valence-electron chi connectivity index (χ0n) is 10.8. The predicted octanol–water partition coefficient (Wildman–Crippen LogP) is 0.988. The fraction of sp³-hybridized carbons (Fsp3) is 0.250. The average Bonchev–Trinajstić information content (AvgIpc) is 2.71. The number of nitrogens with two attached hydrogens (primary N) is 1. The number of hydrogen-bond donors (Lipinski definition) is 2. The van der Waals surface area contributed by atoms with E-state index in [4.69, 9.17) is 5.73 Å². The van der Waals surface area contributed by atoms with Crippen molar-refractivity contribution in [1.82, 2.24) is 9.55 Å². The molecule has 0 fully saturated rings. The smallest absolute Gasteiger partial charge is 0.264 e. The molecule has 0 atom stereocenters. The van der Waals surface area contributed by atoms with Crippen LogP contribution in [0.15, 0.2) is 35.4 Å². The Kier molecular flexibility index (Phi) is 3.59. The van der Waals surface area contributed by atoms with E-state index in [1.807, 2.05) is 0 Å². The Morgan fingerprint density at radius 3 is 2.74 bits per heavy atom. The lowest BCUT2D eigenvalue weighted by molar-refractivity contribution is 0.601. The summed E-state index contributed by atoms with van der Waals surface area (Å²) in [6.45, 7) is 2.08. The monoisotopic (exact) mass is 280 g/mol. The van der Waals surface area contributed by atoms with Gasteiger partial charge in [-0.3, -0.25) is 4.72 Å². The molecule has 7 heteroatoms. The highest BCUT2D eigenvalue weighted by Crippen LogP contribution is 2.17. The van der Waals surface area contributed by atoms with Crippen molar-refractivity contribution >= 4 is 15.8 Å². The minimum absolute atomic E-state index is 0.179. The van der Waals surface area contributed by atoms with E-state index in [1.54, 1.807) is 42.8 Å². The van der Waals surface area contributed by atoms with E-state index in [-0.39, 0.29) is 11.4 Å². The van der Waals surface area contributed by atoms with E-state index in [0.29, 0.717) is 5.82 Å². The Labute approximate surface area is 112 Å². The number of sulfonamides is 1. The second-order valence-electron chi connectivity index (χ2n) is 4.25. The first-order chi connectivity index (χ1) is 8.92. The van der Waals surface area contributed by atoms with Crippen molar-refractivity contribution in [2.45, 2.75) is 18.4 Å². The molecule has 0 bridgehead atoms. The summed E-state index contributed by atoms with van der Waals surface area (Å²) in [7, 11) is -1.87. The molecule has 0 aliphatic rings. The maximum Gasteiger partial charge on any atom is 0.264 e. The van der Waals surface area contributed by atoms with Crippen LogP contribution >= 0.6 is 0 Å². The standard InChI is InChI=1S/C12H16N4O2S/c1-9-4-3-5-12(14-9)15-19(17,18)11-6-10(7-13)16(2)8-11/h3-6,8H,7,13H2,1-2H3,(H,14,15). The third kappa shape index (κ3) is 2.94. The van der Waals surface area contributed by atoms with Crippen LogP contribution in [0.2, 0.25) is 0 Å². The molecule has 0 spiro atoms. The van der Waals surface area contributed by atoms with Crippen molar-refractivity contribution in [2.24, 2.45) is 12.8 Å². The summed E-state index contributed by atoms with van der Waals surface area (Å²) in [5.74, 6) is 0.304. The number of aryl methyl sites for hydroxylation is 2. The van der Waals surface area contributed by atoms with Crippen molar-refractivity contribution in [2.75, 3.05) is 4.72 Å². The number of nitrogens with zero attached hydrogens (tertiary/aromatic N) is 2. The van der Waals surface area contributed by atoms with E-state index in [2.05, 4.69) is 9.71 Å². The molecular formula is C12H16N4O2S. The maximum atomic E-state index is 12.2. The molecule has 0 unspecified atom stereocenters. The van der Waals surface area contributed by atoms with Crippen LogP contribution in [0.5, 0.6) is 0 Å². The summed E-state index contributed by atoms with van der Waals surface area (Å²) in [6.07, 6.45) is 1.53. The molecule has 6 nitrogen and oxygen atoms in total. The van der Waals surface area contributed by atoms with Crippen molar-refractivity contribution in [3.63, 3.8) is 0 Å². The van der Waals surface area contributed by atoms with Gasteiger partial charge in [0.05, 0.1) is 0 Å². The second kappa shape index (κ2) is 5.02. The summed E-state index contributed by atoms with van der Waals surface area (Å²) in [5, 5.41) is 0. The summed E-state index contributed by atoms with van der Waals surface area (Å²) >= 11 is 0. The van der Waals surface area contributed by atoms with Crippen LogP contribution < -0.4 is 10.5 Å². The van der Waals surface area contributed by atoms with Gasteiger partial charge >= 0.3 is 0 Å². The minimum atomic E-state index is -3.63. The van der Waals surface area contributed by atoms with Crippen LogP contribution in [0.4, 0.5) is 5.82 Å². The molecule has 2 aromatic heterocycles. The van der Waals surface area contributed by atoms with Gasteiger partial charge in [-0.15, -0.1) is 0 Å². The molecule has 19 heavy (non-hydrogen) atoms. The number of aromatic nitrogens is 2. The van der Waals surface area contributed by atoms with Gasteiger partial charge in [-0.05, 0) is 25.1 Å². The fourth-order valence-corrected chi connectivity index (χ4v) is 2.82. The molecule has 0 saturated heterocycles. The van der Waals surface area contributed by atoms with Gasteiger partial charge in [0.25, 0.3) is 10.0 Å². The van der Waals surface area contributed by atoms with Crippen LogP contribution in [0.1, 0.15) is 11.4 Å². The highest BCUT2D eigenvalue weighted by molar-refractivity contribution is 7.92. The second-order valence-corrected chi connectivity index (χ2v) is 5.93. The number of hydrogen-bond acceptors (Lipinski definition) is 4. The zero-order chi connectivity index (χ0) is 14.0. The fourth-order valence-electron chi connectivity index (χ4n) is 1.72. The predicted molar refractivity (Wildman–Crippen MR) is 73.1 cm³/mol. The van der Waals surface area contributed by atoms with Gasteiger partial charge in [0.15, 0.2) is 0 Å². The summed E-state index contributed by atoms with van der Waals surface area (Å²) in [5.41, 5.74) is 7.03. The molecule has 102 valence electrons. The van der Waals surface area contributed by atoms with Crippen LogP contribution in [0.25, 0.3) is 0 Å². The van der Waals surface area contributed by atoms with E-state index in [1.165, 1.54) is 6.20 Å². The Morgan fingerprint density at radius 1 is 1.42 bits per heavy atom. The Morgan fingerprint density at radius 2 is 2.16 bits per heavy atom. The van der Waals surface area contributed by atoms with E-state index >= 15 is 0 Å². The molecule has 0 aliphatic carbocycles. The molecule has 0 aromatic carbocycles. The van der Waals surface area contributed by atoms with Crippen molar-refractivity contribution < 1.29 is 8.42 Å². The lowest BCUT2D eigenvalue weighted by Gasteiger charge is -2.05. The zero-order valence-corrected chi connectivity index (χ0v) is 11.6. The van der Waals surface area contributed by atoms with Gasteiger partial charge in [-0.1, -0.05) is 6.07 Å². The van der Waals surface area contributed by atoms with E-state index in [0.717, 1.165) is 11.4 Å². The average molecular weight is 280 g/mol.